The highest BCUT2D eigenvalue weighted by molar-refractivity contribution is 5.97. The van der Waals surface area contributed by atoms with Crippen molar-refractivity contribution in [2.75, 3.05) is 18.6 Å². The first-order valence-corrected chi connectivity index (χ1v) is 9.85. The standard InChI is InChI=1S/C23H25N3O3/c1-14(2)16-6-8-17(9-7-16)22-24-23(29-25-22)18-12-21(27)26(13-18)19-11-15(3)5-10-20(19)28-4/h5-11,14,18H,12-13H2,1-4H3. The number of aromatic nitrogens is 2. The summed E-state index contributed by atoms with van der Waals surface area (Å²) in [7, 11) is 1.61. The number of nitrogens with zero attached hydrogens (tertiary/aromatic N) is 3. The van der Waals surface area contributed by atoms with Gasteiger partial charge in [0.25, 0.3) is 0 Å². The fourth-order valence-corrected chi connectivity index (χ4v) is 3.65. The number of rotatable bonds is 5. The zero-order chi connectivity index (χ0) is 20.5. The van der Waals surface area contributed by atoms with Gasteiger partial charge in [-0.1, -0.05) is 49.3 Å². The third-order valence-electron chi connectivity index (χ3n) is 5.38. The lowest BCUT2D eigenvalue weighted by Gasteiger charge is -2.19. The van der Waals surface area contributed by atoms with Crippen LogP contribution in [0.2, 0.25) is 0 Å². The van der Waals surface area contributed by atoms with E-state index in [1.807, 2.05) is 37.3 Å². The largest absolute Gasteiger partial charge is 0.495 e. The first kappa shape index (κ1) is 19.2. The van der Waals surface area contributed by atoms with Crippen LogP contribution in [0, 0.1) is 6.92 Å². The Balaban J connectivity index is 1.55. The summed E-state index contributed by atoms with van der Waals surface area (Å²) in [6, 6.07) is 14.0. The fourth-order valence-electron chi connectivity index (χ4n) is 3.65. The zero-order valence-corrected chi connectivity index (χ0v) is 17.2. The second-order valence-corrected chi connectivity index (χ2v) is 7.81. The molecular weight excluding hydrogens is 366 g/mol. The summed E-state index contributed by atoms with van der Waals surface area (Å²) >= 11 is 0. The van der Waals surface area contributed by atoms with Gasteiger partial charge < -0.3 is 14.2 Å². The predicted octanol–water partition coefficient (Wildman–Crippen LogP) is 4.70. The Hall–Kier alpha value is -3.15. The minimum Gasteiger partial charge on any atom is -0.495 e. The third-order valence-corrected chi connectivity index (χ3v) is 5.38. The van der Waals surface area contributed by atoms with Crippen molar-refractivity contribution in [3.05, 3.63) is 59.5 Å². The molecule has 1 aliphatic heterocycles. The van der Waals surface area contributed by atoms with E-state index in [0.29, 0.717) is 36.3 Å². The average molecular weight is 391 g/mol. The van der Waals surface area contributed by atoms with Crippen molar-refractivity contribution in [2.45, 2.75) is 39.0 Å². The molecule has 1 amide bonds. The highest BCUT2D eigenvalue weighted by Crippen LogP contribution is 2.37. The summed E-state index contributed by atoms with van der Waals surface area (Å²) in [6.45, 7) is 6.81. The van der Waals surface area contributed by atoms with Crippen molar-refractivity contribution in [2.24, 2.45) is 0 Å². The smallest absolute Gasteiger partial charge is 0.232 e. The first-order valence-electron chi connectivity index (χ1n) is 9.85. The molecule has 1 aromatic heterocycles. The zero-order valence-electron chi connectivity index (χ0n) is 17.2. The number of ether oxygens (including phenoxy) is 1. The van der Waals surface area contributed by atoms with Crippen LogP contribution in [-0.4, -0.2) is 29.7 Å². The lowest BCUT2D eigenvalue weighted by Crippen LogP contribution is -2.25. The van der Waals surface area contributed by atoms with Gasteiger partial charge in [-0.3, -0.25) is 4.79 Å². The molecule has 2 aromatic carbocycles. The molecule has 0 saturated carbocycles. The quantitative estimate of drug-likeness (QED) is 0.631. The molecule has 1 aliphatic rings. The molecule has 3 aromatic rings. The van der Waals surface area contributed by atoms with Crippen molar-refractivity contribution in [1.29, 1.82) is 0 Å². The number of hydrogen-bond acceptors (Lipinski definition) is 5. The summed E-state index contributed by atoms with van der Waals surface area (Å²) in [5.41, 5.74) is 4.03. The minimum absolute atomic E-state index is 0.0277. The topological polar surface area (TPSA) is 68.5 Å². The first-order chi connectivity index (χ1) is 14.0. The number of anilines is 1. The van der Waals surface area contributed by atoms with Crippen LogP contribution in [0.4, 0.5) is 5.69 Å². The molecule has 29 heavy (non-hydrogen) atoms. The summed E-state index contributed by atoms with van der Waals surface area (Å²) in [5.74, 6) is 2.09. The van der Waals surface area contributed by atoms with Gasteiger partial charge in [0.15, 0.2) is 0 Å². The van der Waals surface area contributed by atoms with Crippen molar-refractivity contribution in [3.63, 3.8) is 0 Å². The summed E-state index contributed by atoms with van der Waals surface area (Å²) in [6.07, 6.45) is 0.338. The lowest BCUT2D eigenvalue weighted by molar-refractivity contribution is -0.117. The fraction of sp³-hybridized carbons (Fsp3) is 0.348. The molecule has 1 atom stereocenters. The van der Waals surface area contributed by atoms with E-state index in [2.05, 4.69) is 36.1 Å². The maximum absolute atomic E-state index is 12.7. The molecule has 2 heterocycles. The van der Waals surface area contributed by atoms with Crippen LogP contribution in [0.25, 0.3) is 11.4 Å². The maximum atomic E-state index is 12.7. The van der Waals surface area contributed by atoms with Crippen molar-refractivity contribution in [3.8, 4) is 17.1 Å². The van der Waals surface area contributed by atoms with Crippen LogP contribution >= 0.6 is 0 Å². The predicted molar refractivity (Wildman–Crippen MR) is 111 cm³/mol. The highest BCUT2D eigenvalue weighted by atomic mass is 16.5. The number of methoxy groups -OCH3 is 1. The van der Waals surface area contributed by atoms with Gasteiger partial charge in [0.1, 0.15) is 5.75 Å². The Morgan fingerprint density at radius 2 is 1.93 bits per heavy atom. The Morgan fingerprint density at radius 3 is 2.62 bits per heavy atom. The molecule has 6 nitrogen and oxygen atoms in total. The Kier molecular flexibility index (Phi) is 5.09. The normalized spacial score (nSPS) is 16.7. The highest BCUT2D eigenvalue weighted by Gasteiger charge is 2.36. The van der Waals surface area contributed by atoms with Crippen LogP contribution < -0.4 is 9.64 Å². The van der Waals surface area contributed by atoms with Crippen LogP contribution in [0.5, 0.6) is 5.75 Å². The van der Waals surface area contributed by atoms with Crippen LogP contribution in [0.15, 0.2) is 47.0 Å². The van der Waals surface area contributed by atoms with Crippen molar-refractivity contribution >= 4 is 11.6 Å². The van der Waals surface area contributed by atoms with Crippen LogP contribution in [0.1, 0.15) is 49.1 Å². The van der Waals surface area contributed by atoms with E-state index in [4.69, 9.17) is 9.26 Å². The Labute approximate surface area is 170 Å². The van der Waals surface area contributed by atoms with Gasteiger partial charge in [0.05, 0.1) is 18.7 Å². The van der Waals surface area contributed by atoms with E-state index in [0.717, 1.165) is 16.8 Å². The molecule has 0 aliphatic carbocycles. The number of carbonyl (C=O) groups is 1. The number of benzene rings is 2. The average Bonchev–Trinajstić information content (AvgIpc) is 3.35. The summed E-state index contributed by atoms with van der Waals surface area (Å²) in [4.78, 5) is 19.0. The number of amides is 1. The van der Waals surface area contributed by atoms with Gasteiger partial charge in [-0.25, -0.2) is 0 Å². The molecule has 1 fully saturated rings. The number of aryl methyl sites for hydroxylation is 1. The number of hydrogen-bond donors (Lipinski definition) is 0. The summed E-state index contributed by atoms with van der Waals surface area (Å²) in [5, 5.41) is 4.14. The molecule has 0 radical (unpaired) electrons. The van der Waals surface area contributed by atoms with E-state index in [9.17, 15) is 4.79 Å². The molecule has 0 N–H and O–H groups in total. The third kappa shape index (κ3) is 3.75. The Bertz CT molecular complexity index is 1020. The maximum Gasteiger partial charge on any atom is 0.232 e. The molecule has 6 heteroatoms. The van der Waals surface area contributed by atoms with E-state index in [1.54, 1.807) is 12.0 Å². The molecule has 150 valence electrons. The molecule has 4 rings (SSSR count). The monoisotopic (exact) mass is 391 g/mol. The van der Waals surface area contributed by atoms with Crippen LogP contribution in [0.3, 0.4) is 0 Å². The summed E-state index contributed by atoms with van der Waals surface area (Å²) < 4.78 is 11.0. The SMILES string of the molecule is COc1ccc(C)cc1N1CC(c2nc(-c3ccc(C(C)C)cc3)no2)CC1=O. The van der Waals surface area contributed by atoms with Gasteiger partial charge in [-0.05, 0) is 36.1 Å². The van der Waals surface area contributed by atoms with Gasteiger partial charge >= 0.3 is 0 Å². The van der Waals surface area contributed by atoms with Gasteiger partial charge in [-0.2, -0.15) is 4.98 Å². The number of carbonyl (C=O) groups excluding carboxylic acids is 1. The molecule has 0 bridgehead atoms. The van der Waals surface area contributed by atoms with E-state index < -0.39 is 0 Å². The second-order valence-electron chi connectivity index (χ2n) is 7.81. The van der Waals surface area contributed by atoms with E-state index >= 15 is 0 Å². The Morgan fingerprint density at radius 1 is 1.17 bits per heavy atom. The minimum atomic E-state index is -0.135. The lowest BCUT2D eigenvalue weighted by atomic mass is 10.0. The second kappa shape index (κ2) is 7.70. The van der Waals surface area contributed by atoms with Crippen LogP contribution in [-0.2, 0) is 4.79 Å². The molecule has 1 saturated heterocycles. The van der Waals surface area contributed by atoms with Crippen molar-refractivity contribution in [1.82, 2.24) is 10.1 Å². The van der Waals surface area contributed by atoms with Gasteiger partial charge in [0, 0.05) is 18.5 Å². The van der Waals surface area contributed by atoms with Crippen molar-refractivity contribution < 1.29 is 14.1 Å². The van der Waals surface area contributed by atoms with E-state index in [1.165, 1.54) is 5.56 Å². The molecule has 1 unspecified atom stereocenters. The van der Waals surface area contributed by atoms with Gasteiger partial charge in [0.2, 0.25) is 17.6 Å². The molecular formula is C23H25N3O3. The van der Waals surface area contributed by atoms with Gasteiger partial charge in [-0.15, -0.1) is 0 Å². The molecule has 0 spiro atoms. The van der Waals surface area contributed by atoms with E-state index in [-0.39, 0.29) is 11.8 Å².